The van der Waals surface area contributed by atoms with Crippen molar-refractivity contribution in [2.24, 2.45) is 4.99 Å². The largest absolute Gasteiger partial charge is 0.497 e. The van der Waals surface area contributed by atoms with Crippen LogP contribution in [0.3, 0.4) is 0 Å². The van der Waals surface area contributed by atoms with Gasteiger partial charge in [-0.15, -0.1) is 0 Å². The van der Waals surface area contributed by atoms with Crippen molar-refractivity contribution in [2.75, 3.05) is 78.1 Å². The molecule has 1 heterocycles. The summed E-state index contributed by atoms with van der Waals surface area (Å²) in [5.41, 5.74) is 1.28. The molecule has 0 amide bonds. The van der Waals surface area contributed by atoms with Gasteiger partial charge in [-0.1, -0.05) is 0 Å². The number of nitrogens with one attached hydrogen (secondary N) is 2. The standard InChI is InChI=1S/C20H35N5O2/c1-4-21-20(23-11-17-26-2)22-10-5-12-24-13-15-25(16-14-24)18-6-8-19(27-3)9-7-18/h6-9H,4-5,10-17H2,1-3H3,(H2,21,22,23). The lowest BCUT2D eigenvalue weighted by Crippen LogP contribution is -2.46. The monoisotopic (exact) mass is 377 g/mol. The van der Waals surface area contributed by atoms with Crippen LogP contribution in [-0.4, -0.2) is 84.0 Å². The van der Waals surface area contributed by atoms with Crippen LogP contribution < -0.4 is 20.3 Å². The molecule has 0 aromatic heterocycles. The lowest BCUT2D eigenvalue weighted by molar-refractivity contribution is 0.203. The smallest absolute Gasteiger partial charge is 0.191 e. The summed E-state index contributed by atoms with van der Waals surface area (Å²) in [6, 6.07) is 8.34. The molecule has 0 aliphatic carbocycles. The Morgan fingerprint density at radius 1 is 1.07 bits per heavy atom. The fourth-order valence-electron chi connectivity index (χ4n) is 3.12. The summed E-state index contributed by atoms with van der Waals surface area (Å²) < 4.78 is 10.3. The zero-order valence-corrected chi connectivity index (χ0v) is 17.0. The second kappa shape index (κ2) is 12.4. The van der Waals surface area contributed by atoms with Crippen LogP contribution in [0.1, 0.15) is 13.3 Å². The minimum atomic E-state index is 0.683. The topological polar surface area (TPSA) is 61.4 Å². The Kier molecular flexibility index (Phi) is 9.79. The van der Waals surface area contributed by atoms with Crippen molar-refractivity contribution in [3.63, 3.8) is 0 Å². The Balaban J connectivity index is 1.66. The molecule has 2 N–H and O–H groups in total. The SMILES string of the molecule is CCNC(=NCCCN1CCN(c2ccc(OC)cc2)CC1)NCCOC. The number of hydrogen-bond acceptors (Lipinski definition) is 5. The lowest BCUT2D eigenvalue weighted by Gasteiger charge is -2.36. The lowest BCUT2D eigenvalue weighted by atomic mass is 10.2. The van der Waals surface area contributed by atoms with E-state index in [0.717, 1.165) is 70.5 Å². The maximum absolute atomic E-state index is 5.24. The highest BCUT2D eigenvalue weighted by molar-refractivity contribution is 5.79. The van der Waals surface area contributed by atoms with Crippen molar-refractivity contribution < 1.29 is 9.47 Å². The Morgan fingerprint density at radius 3 is 2.44 bits per heavy atom. The summed E-state index contributed by atoms with van der Waals surface area (Å²) in [7, 11) is 3.41. The molecule has 0 unspecified atom stereocenters. The average Bonchev–Trinajstić information content (AvgIpc) is 2.72. The second-order valence-corrected chi connectivity index (χ2v) is 6.56. The van der Waals surface area contributed by atoms with Crippen LogP contribution in [0.2, 0.25) is 0 Å². The number of rotatable bonds is 10. The molecule has 2 rings (SSSR count). The number of nitrogens with zero attached hydrogens (tertiary/aromatic N) is 3. The number of piperazine rings is 1. The van der Waals surface area contributed by atoms with Gasteiger partial charge in [-0.25, -0.2) is 0 Å². The van der Waals surface area contributed by atoms with Crippen molar-refractivity contribution >= 4 is 11.6 Å². The Labute approximate surface area is 163 Å². The van der Waals surface area contributed by atoms with E-state index in [4.69, 9.17) is 9.47 Å². The Morgan fingerprint density at radius 2 is 1.81 bits per heavy atom. The maximum Gasteiger partial charge on any atom is 0.191 e. The molecule has 1 fully saturated rings. The van der Waals surface area contributed by atoms with Crippen molar-refractivity contribution in [3.05, 3.63) is 24.3 Å². The van der Waals surface area contributed by atoms with Crippen LogP contribution in [0.25, 0.3) is 0 Å². The van der Waals surface area contributed by atoms with E-state index < -0.39 is 0 Å². The van der Waals surface area contributed by atoms with Crippen LogP contribution in [0.4, 0.5) is 5.69 Å². The van der Waals surface area contributed by atoms with Gasteiger partial charge in [-0.05, 0) is 37.6 Å². The van der Waals surface area contributed by atoms with E-state index in [-0.39, 0.29) is 0 Å². The van der Waals surface area contributed by atoms with E-state index in [1.165, 1.54) is 5.69 Å². The minimum absolute atomic E-state index is 0.683. The van der Waals surface area contributed by atoms with Crippen molar-refractivity contribution in [2.45, 2.75) is 13.3 Å². The number of anilines is 1. The number of guanidine groups is 1. The highest BCUT2D eigenvalue weighted by Gasteiger charge is 2.16. The fraction of sp³-hybridized carbons (Fsp3) is 0.650. The highest BCUT2D eigenvalue weighted by Crippen LogP contribution is 2.20. The number of ether oxygens (including phenoxy) is 2. The van der Waals surface area contributed by atoms with Gasteiger partial charge in [0.25, 0.3) is 0 Å². The molecular weight excluding hydrogens is 342 g/mol. The molecular formula is C20H35N5O2. The van der Waals surface area contributed by atoms with Crippen LogP contribution in [0, 0.1) is 0 Å². The molecule has 0 saturated carbocycles. The molecule has 7 nitrogen and oxygen atoms in total. The van der Waals surface area contributed by atoms with Gasteiger partial charge in [0, 0.05) is 65.2 Å². The Bertz CT molecular complexity index is 542. The van der Waals surface area contributed by atoms with Gasteiger partial charge in [-0.2, -0.15) is 0 Å². The number of aliphatic imine (C=N–C) groups is 1. The summed E-state index contributed by atoms with van der Waals surface area (Å²) in [4.78, 5) is 9.61. The molecule has 0 radical (unpaired) electrons. The van der Waals surface area contributed by atoms with Crippen LogP contribution in [0.5, 0.6) is 5.75 Å². The fourth-order valence-corrected chi connectivity index (χ4v) is 3.12. The van der Waals surface area contributed by atoms with E-state index in [1.54, 1.807) is 14.2 Å². The summed E-state index contributed by atoms with van der Waals surface area (Å²) in [5.74, 6) is 1.78. The van der Waals surface area contributed by atoms with Crippen LogP contribution in [-0.2, 0) is 4.74 Å². The first kappa shape index (κ1) is 21.3. The van der Waals surface area contributed by atoms with Gasteiger partial charge in [-0.3, -0.25) is 9.89 Å². The van der Waals surface area contributed by atoms with E-state index >= 15 is 0 Å². The molecule has 0 spiro atoms. The summed E-state index contributed by atoms with van der Waals surface area (Å²) in [6.07, 6.45) is 1.07. The van der Waals surface area contributed by atoms with Gasteiger partial charge in [0.05, 0.1) is 13.7 Å². The molecule has 7 heteroatoms. The van der Waals surface area contributed by atoms with Gasteiger partial charge in [0.2, 0.25) is 0 Å². The first-order chi connectivity index (χ1) is 13.3. The molecule has 1 saturated heterocycles. The van der Waals surface area contributed by atoms with Crippen molar-refractivity contribution in [3.8, 4) is 5.75 Å². The molecule has 152 valence electrons. The third-order valence-corrected chi connectivity index (χ3v) is 4.66. The van der Waals surface area contributed by atoms with Crippen LogP contribution in [0.15, 0.2) is 29.3 Å². The first-order valence-corrected chi connectivity index (χ1v) is 9.89. The zero-order chi connectivity index (χ0) is 19.3. The van der Waals surface area contributed by atoms with Crippen LogP contribution >= 0.6 is 0 Å². The van der Waals surface area contributed by atoms with Crippen molar-refractivity contribution in [1.82, 2.24) is 15.5 Å². The molecule has 0 bridgehead atoms. The predicted molar refractivity (Wildman–Crippen MR) is 112 cm³/mol. The summed E-state index contributed by atoms with van der Waals surface area (Å²) in [5, 5.41) is 6.54. The van der Waals surface area contributed by atoms with E-state index in [1.807, 2.05) is 12.1 Å². The normalized spacial score (nSPS) is 15.7. The predicted octanol–water partition coefficient (Wildman–Crippen LogP) is 1.41. The molecule has 1 aromatic rings. The quantitative estimate of drug-likeness (QED) is 0.365. The van der Waals surface area contributed by atoms with Gasteiger partial charge < -0.3 is 25.0 Å². The van der Waals surface area contributed by atoms with E-state index in [9.17, 15) is 0 Å². The zero-order valence-electron chi connectivity index (χ0n) is 17.0. The first-order valence-electron chi connectivity index (χ1n) is 9.89. The highest BCUT2D eigenvalue weighted by atomic mass is 16.5. The summed E-state index contributed by atoms with van der Waals surface area (Å²) >= 11 is 0. The molecule has 1 aliphatic heterocycles. The van der Waals surface area contributed by atoms with Crippen molar-refractivity contribution in [1.29, 1.82) is 0 Å². The van der Waals surface area contributed by atoms with Gasteiger partial charge >= 0.3 is 0 Å². The van der Waals surface area contributed by atoms with Gasteiger partial charge in [0.1, 0.15) is 5.75 Å². The van der Waals surface area contributed by atoms with E-state index in [2.05, 4.69) is 44.5 Å². The van der Waals surface area contributed by atoms with Gasteiger partial charge in [0.15, 0.2) is 5.96 Å². The average molecular weight is 378 g/mol. The third kappa shape index (κ3) is 7.64. The molecule has 1 aromatic carbocycles. The molecule has 27 heavy (non-hydrogen) atoms. The Hall–Kier alpha value is -1.99. The second-order valence-electron chi connectivity index (χ2n) is 6.56. The number of benzene rings is 1. The maximum atomic E-state index is 5.24. The molecule has 0 atom stereocenters. The number of methoxy groups -OCH3 is 2. The molecule has 1 aliphatic rings. The summed E-state index contributed by atoms with van der Waals surface area (Å²) in [6.45, 7) is 10.7. The number of hydrogen-bond donors (Lipinski definition) is 2. The minimum Gasteiger partial charge on any atom is -0.497 e. The van der Waals surface area contributed by atoms with E-state index in [0.29, 0.717) is 6.61 Å². The third-order valence-electron chi connectivity index (χ3n) is 4.66.